The number of rotatable bonds is 6. The van der Waals surface area contributed by atoms with Gasteiger partial charge in [0.2, 0.25) is 0 Å². The van der Waals surface area contributed by atoms with Crippen LogP contribution >= 0.6 is 15.9 Å². The second kappa shape index (κ2) is 7.09. The number of aryl methyl sites for hydroxylation is 2. The van der Waals surface area contributed by atoms with Crippen LogP contribution in [0.2, 0.25) is 0 Å². The Labute approximate surface area is 134 Å². The zero-order valence-corrected chi connectivity index (χ0v) is 14.6. The van der Waals surface area contributed by atoms with E-state index in [1.807, 2.05) is 26.1 Å². The molecule has 1 heterocycles. The van der Waals surface area contributed by atoms with Crippen molar-refractivity contribution in [2.45, 2.75) is 32.9 Å². The van der Waals surface area contributed by atoms with E-state index >= 15 is 0 Å². The smallest absolute Gasteiger partial charge is 0.119 e. The highest BCUT2D eigenvalue weighted by atomic mass is 79.9. The molecule has 2 rings (SSSR count). The normalized spacial score (nSPS) is 12.4. The molecule has 0 amide bonds. The molecule has 21 heavy (non-hydrogen) atoms. The summed E-state index contributed by atoms with van der Waals surface area (Å²) in [6.07, 6.45) is 0.886. The summed E-state index contributed by atoms with van der Waals surface area (Å²) in [4.78, 5) is 0. The van der Waals surface area contributed by atoms with E-state index in [0.29, 0.717) is 0 Å². The third-order valence-corrected chi connectivity index (χ3v) is 4.35. The van der Waals surface area contributed by atoms with Crippen LogP contribution in [0, 0.1) is 6.92 Å². The maximum absolute atomic E-state index is 5.34. The molecule has 0 bridgehead atoms. The largest absolute Gasteiger partial charge is 0.497 e. The average Bonchev–Trinajstić information content (AvgIpc) is 2.85. The van der Waals surface area contributed by atoms with E-state index in [1.54, 1.807) is 7.11 Å². The molecule has 0 aliphatic heterocycles. The van der Waals surface area contributed by atoms with Crippen molar-refractivity contribution in [2.24, 2.45) is 0 Å². The van der Waals surface area contributed by atoms with Gasteiger partial charge in [-0.05, 0) is 50.7 Å². The van der Waals surface area contributed by atoms with Crippen molar-refractivity contribution in [3.63, 3.8) is 0 Å². The van der Waals surface area contributed by atoms with Crippen molar-refractivity contribution in [1.29, 1.82) is 0 Å². The van der Waals surface area contributed by atoms with Gasteiger partial charge in [-0.2, -0.15) is 5.10 Å². The minimum absolute atomic E-state index is 0.205. The third kappa shape index (κ3) is 3.66. The van der Waals surface area contributed by atoms with Crippen LogP contribution < -0.4 is 10.1 Å². The predicted molar refractivity (Wildman–Crippen MR) is 88.8 cm³/mol. The summed E-state index contributed by atoms with van der Waals surface area (Å²) in [5.41, 5.74) is 3.49. The third-order valence-electron chi connectivity index (χ3n) is 3.63. The monoisotopic (exact) mass is 351 g/mol. The molecule has 2 aromatic rings. The van der Waals surface area contributed by atoms with E-state index < -0.39 is 0 Å². The lowest BCUT2D eigenvalue weighted by Gasteiger charge is -2.19. The van der Waals surface area contributed by atoms with Crippen molar-refractivity contribution in [3.05, 3.63) is 45.7 Å². The zero-order chi connectivity index (χ0) is 15.4. The van der Waals surface area contributed by atoms with Gasteiger partial charge >= 0.3 is 0 Å². The number of benzene rings is 1. The molecular weight excluding hydrogens is 330 g/mol. The van der Waals surface area contributed by atoms with Crippen LogP contribution in [0.1, 0.15) is 29.9 Å². The minimum Gasteiger partial charge on any atom is -0.497 e. The first-order valence-electron chi connectivity index (χ1n) is 7.13. The summed E-state index contributed by atoms with van der Waals surface area (Å²) in [6, 6.07) is 8.42. The SMILES string of the molecule is CCn1nc(C)cc1CC(NC)c1cc(OC)ccc1Br. The van der Waals surface area contributed by atoms with Crippen LogP contribution in [0.3, 0.4) is 0 Å². The number of aromatic nitrogens is 2. The molecule has 1 atom stereocenters. The number of halogens is 1. The van der Waals surface area contributed by atoms with E-state index in [4.69, 9.17) is 4.74 Å². The minimum atomic E-state index is 0.205. The van der Waals surface area contributed by atoms with Crippen LogP contribution in [0.15, 0.2) is 28.7 Å². The summed E-state index contributed by atoms with van der Waals surface area (Å²) in [5.74, 6) is 0.869. The average molecular weight is 352 g/mol. The van der Waals surface area contributed by atoms with E-state index in [0.717, 1.165) is 28.9 Å². The molecule has 5 heteroatoms. The lowest BCUT2D eigenvalue weighted by Crippen LogP contribution is -2.21. The van der Waals surface area contributed by atoms with Gasteiger partial charge in [-0.1, -0.05) is 15.9 Å². The van der Waals surface area contributed by atoms with Crippen LogP contribution in [0.4, 0.5) is 0 Å². The highest BCUT2D eigenvalue weighted by molar-refractivity contribution is 9.10. The van der Waals surface area contributed by atoms with E-state index in [2.05, 4.69) is 50.1 Å². The Balaban J connectivity index is 2.31. The molecule has 1 N–H and O–H groups in total. The van der Waals surface area contributed by atoms with Gasteiger partial charge in [-0.15, -0.1) is 0 Å². The van der Waals surface area contributed by atoms with Crippen LogP contribution in [0.5, 0.6) is 5.75 Å². The highest BCUT2D eigenvalue weighted by Crippen LogP contribution is 2.29. The molecule has 4 nitrogen and oxygen atoms in total. The first-order chi connectivity index (χ1) is 10.1. The summed E-state index contributed by atoms with van der Waals surface area (Å²) < 4.78 is 8.49. The molecule has 1 aromatic heterocycles. The maximum Gasteiger partial charge on any atom is 0.119 e. The number of hydrogen-bond donors (Lipinski definition) is 1. The highest BCUT2D eigenvalue weighted by Gasteiger charge is 2.17. The Bertz CT molecular complexity index is 610. The predicted octanol–water partition coefficient (Wildman–Crippen LogP) is 3.49. The maximum atomic E-state index is 5.34. The van der Waals surface area contributed by atoms with Crippen molar-refractivity contribution in [2.75, 3.05) is 14.2 Å². The zero-order valence-electron chi connectivity index (χ0n) is 13.0. The number of nitrogens with zero attached hydrogens (tertiary/aromatic N) is 2. The second-order valence-electron chi connectivity index (χ2n) is 5.03. The van der Waals surface area contributed by atoms with Gasteiger partial charge in [-0.3, -0.25) is 4.68 Å². The lowest BCUT2D eigenvalue weighted by atomic mass is 10.0. The molecule has 114 valence electrons. The molecule has 1 unspecified atom stereocenters. The Morgan fingerprint density at radius 2 is 2.14 bits per heavy atom. The Hall–Kier alpha value is -1.33. The molecule has 0 aliphatic rings. The van der Waals surface area contributed by atoms with E-state index in [1.165, 1.54) is 11.3 Å². The van der Waals surface area contributed by atoms with Crippen LogP contribution in [0.25, 0.3) is 0 Å². The van der Waals surface area contributed by atoms with Gasteiger partial charge in [0.05, 0.1) is 12.8 Å². The molecule has 0 fully saturated rings. The number of nitrogens with one attached hydrogen (secondary N) is 1. The van der Waals surface area contributed by atoms with Gasteiger partial charge in [0.15, 0.2) is 0 Å². The molecule has 0 saturated heterocycles. The van der Waals surface area contributed by atoms with Gasteiger partial charge in [0.1, 0.15) is 5.75 Å². The Morgan fingerprint density at radius 3 is 2.76 bits per heavy atom. The Morgan fingerprint density at radius 1 is 1.38 bits per heavy atom. The molecular formula is C16H22BrN3O. The van der Waals surface area contributed by atoms with Crippen molar-refractivity contribution in [1.82, 2.24) is 15.1 Å². The lowest BCUT2D eigenvalue weighted by molar-refractivity contribution is 0.413. The fourth-order valence-electron chi connectivity index (χ4n) is 2.53. The first-order valence-corrected chi connectivity index (χ1v) is 7.92. The molecule has 0 radical (unpaired) electrons. The number of methoxy groups -OCH3 is 1. The van der Waals surface area contributed by atoms with E-state index in [9.17, 15) is 0 Å². The fourth-order valence-corrected chi connectivity index (χ4v) is 3.05. The van der Waals surface area contributed by atoms with Crippen LogP contribution in [-0.2, 0) is 13.0 Å². The van der Waals surface area contributed by atoms with Crippen LogP contribution in [-0.4, -0.2) is 23.9 Å². The van der Waals surface area contributed by atoms with Gasteiger partial charge in [0, 0.05) is 29.2 Å². The topological polar surface area (TPSA) is 39.1 Å². The summed E-state index contributed by atoms with van der Waals surface area (Å²) in [5, 5.41) is 7.91. The summed E-state index contributed by atoms with van der Waals surface area (Å²) in [7, 11) is 3.67. The number of ether oxygens (including phenoxy) is 1. The fraction of sp³-hybridized carbons (Fsp3) is 0.438. The first kappa shape index (κ1) is 16.0. The molecule has 0 saturated carbocycles. The van der Waals surface area contributed by atoms with Crippen molar-refractivity contribution < 1.29 is 4.74 Å². The molecule has 0 spiro atoms. The van der Waals surface area contributed by atoms with Gasteiger partial charge < -0.3 is 10.1 Å². The molecule has 0 aliphatic carbocycles. The van der Waals surface area contributed by atoms with Crippen molar-refractivity contribution in [3.8, 4) is 5.75 Å². The van der Waals surface area contributed by atoms with Gasteiger partial charge in [-0.25, -0.2) is 0 Å². The second-order valence-corrected chi connectivity index (χ2v) is 5.88. The number of likely N-dealkylation sites (N-methyl/N-ethyl adjacent to an activating group) is 1. The summed E-state index contributed by atoms with van der Waals surface area (Å²) in [6.45, 7) is 5.04. The quantitative estimate of drug-likeness (QED) is 0.865. The van der Waals surface area contributed by atoms with Crippen molar-refractivity contribution >= 4 is 15.9 Å². The van der Waals surface area contributed by atoms with E-state index in [-0.39, 0.29) is 6.04 Å². The standard InChI is InChI=1S/C16H22BrN3O/c1-5-20-12(8-11(2)19-20)9-16(18-3)14-10-13(21-4)6-7-15(14)17/h6-8,10,16,18H,5,9H2,1-4H3. The van der Waals surface area contributed by atoms with Gasteiger partial charge in [0.25, 0.3) is 0 Å². The molecule has 1 aromatic carbocycles. The summed E-state index contributed by atoms with van der Waals surface area (Å²) >= 11 is 3.64. The Kier molecular flexibility index (Phi) is 5.42. The number of hydrogen-bond acceptors (Lipinski definition) is 3.